The molecule has 0 heterocycles. The highest BCUT2D eigenvalue weighted by Crippen LogP contribution is 2.31. The first-order chi connectivity index (χ1) is 9.86. The van der Waals surface area contributed by atoms with Crippen LogP contribution in [0.5, 0.6) is 0 Å². The van der Waals surface area contributed by atoms with Crippen molar-refractivity contribution in [1.82, 2.24) is 0 Å². The van der Waals surface area contributed by atoms with E-state index < -0.39 is 0 Å². The fourth-order valence-corrected chi connectivity index (χ4v) is 2.41. The van der Waals surface area contributed by atoms with Gasteiger partial charge in [-0.15, -0.1) is 0 Å². The smallest absolute Gasteiger partial charge is 0.0105 e. The molecule has 0 heteroatoms. The van der Waals surface area contributed by atoms with Crippen molar-refractivity contribution in [3.8, 4) is 11.1 Å². The van der Waals surface area contributed by atoms with E-state index in [-0.39, 0.29) is 0 Å². The van der Waals surface area contributed by atoms with Crippen molar-refractivity contribution in [2.45, 2.75) is 0 Å². The molecule has 3 rings (SSSR count). The summed E-state index contributed by atoms with van der Waals surface area (Å²) in [5, 5.41) is 0. The molecule has 0 aliphatic heterocycles. The van der Waals surface area contributed by atoms with Gasteiger partial charge in [0.1, 0.15) is 0 Å². The van der Waals surface area contributed by atoms with Crippen LogP contribution in [-0.4, -0.2) is 0 Å². The molecule has 0 spiro atoms. The third-order valence-electron chi connectivity index (χ3n) is 3.46. The second kappa shape index (κ2) is 5.58. The molecule has 0 saturated carbocycles. The van der Waals surface area contributed by atoms with Gasteiger partial charge in [-0.25, -0.2) is 0 Å². The fourth-order valence-electron chi connectivity index (χ4n) is 2.41. The maximum absolute atomic E-state index is 4.28. The number of benzene rings is 3. The Labute approximate surface area is 120 Å². The molecule has 0 unspecified atom stereocenters. The lowest BCUT2D eigenvalue weighted by Gasteiger charge is -2.12. The third-order valence-corrected chi connectivity index (χ3v) is 3.46. The Kier molecular flexibility index (Phi) is 3.47. The minimum Gasteiger partial charge on any atom is -0.0905 e. The van der Waals surface area contributed by atoms with E-state index in [2.05, 4.69) is 67.2 Å². The molecule has 0 amide bonds. The minimum absolute atomic E-state index is 1.06. The Morgan fingerprint density at radius 1 is 0.600 bits per heavy atom. The van der Waals surface area contributed by atoms with Crippen molar-refractivity contribution < 1.29 is 0 Å². The molecule has 0 aromatic heterocycles. The first-order valence-electron chi connectivity index (χ1n) is 6.75. The molecular weight excluding hydrogens is 240 g/mol. The molecule has 0 radical (unpaired) electrons. The van der Waals surface area contributed by atoms with Crippen LogP contribution in [0.4, 0.5) is 0 Å². The average Bonchev–Trinajstić information content (AvgIpc) is 2.56. The molecule has 0 N–H and O–H groups in total. The highest BCUT2D eigenvalue weighted by Gasteiger charge is 2.08. The summed E-state index contributed by atoms with van der Waals surface area (Å²) in [5.41, 5.74) is 5.85. The minimum atomic E-state index is 1.06. The van der Waals surface area contributed by atoms with E-state index in [1.807, 2.05) is 24.3 Å². The van der Waals surface area contributed by atoms with Crippen LogP contribution in [0, 0.1) is 0 Å². The quantitative estimate of drug-likeness (QED) is 0.587. The number of rotatable bonds is 3. The molecule has 0 nitrogen and oxygen atoms in total. The van der Waals surface area contributed by atoms with Gasteiger partial charge < -0.3 is 0 Å². The molecule has 20 heavy (non-hydrogen) atoms. The zero-order valence-electron chi connectivity index (χ0n) is 11.3. The van der Waals surface area contributed by atoms with E-state index in [1.54, 1.807) is 0 Å². The molecule has 0 fully saturated rings. The van der Waals surface area contributed by atoms with Crippen molar-refractivity contribution in [2.75, 3.05) is 0 Å². The Hall–Kier alpha value is -2.60. The summed E-state index contributed by atoms with van der Waals surface area (Å²) in [7, 11) is 0. The Morgan fingerprint density at radius 3 is 1.85 bits per heavy atom. The molecular formula is C20H16. The van der Waals surface area contributed by atoms with Crippen LogP contribution in [0.3, 0.4) is 0 Å². The summed E-state index contributed by atoms with van der Waals surface area (Å²) in [4.78, 5) is 0. The van der Waals surface area contributed by atoms with Gasteiger partial charge >= 0.3 is 0 Å². The van der Waals surface area contributed by atoms with Crippen molar-refractivity contribution >= 4 is 5.57 Å². The number of hydrogen-bond acceptors (Lipinski definition) is 0. The monoisotopic (exact) mass is 256 g/mol. The highest BCUT2D eigenvalue weighted by molar-refractivity contribution is 5.87. The Balaban J connectivity index is 2.10. The molecule has 3 aromatic rings. The summed E-state index contributed by atoms with van der Waals surface area (Å²) in [6.07, 6.45) is 0. The summed E-state index contributed by atoms with van der Waals surface area (Å²) in [6, 6.07) is 29.2. The van der Waals surface area contributed by atoms with E-state index in [0.717, 1.165) is 11.1 Å². The van der Waals surface area contributed by atoms with Crippen LogP contribution < -0.4 is 0 Å². The van der Waals surface area contributed by atoms with Crippen LogP contribution in [0.15, 0.2) is 91.5 Å². The lowest BCUT2D eigenvalue weighted by atomic mass is 9.92. The summed E-state index contributed by atoms with van der Waals surface area (Å²) in [5.74, 6) is 0. The van der Waals surface area contributed by atoms with E-state index in [9.17, 15) is 0 Å². The molecule has 0 aliphatic carbocycles. The van der Waals surface area contributed by atoms with Gasteiger partial charge in [0.05, 0.1) is 0 Å². The zero-order valence-corrected chi connectivity index (χ0v) is 11.3. The Bertz CT molecular complexity index is 709. The van der Waals surface area contributed by atoms with Gasteiger partial charge in [0.2, 0.25) is 0 Å². The van der Waals surface area contributed by atoms with E-state index >= 15 is 0 Å². The lowest BCUT2D eigenvalue weighted by Crippen LogP contribution is -1.90. The second-order valence-electron chi connectivity index (χ2n) is 4.76. The topological polar surface area (TPSA) is 0 Å². The first-order valence-corrected chi connectivity index (χ1v) is 6.75. The zero-order chi connectivity index (χ0) is 13.8. The predicted octanol–water partition coefficient (Wildman–Crippen LogP) is 5.42. The van der Waals surface area contributed by atoms with Gasteiger partial charge in [0.25, 0.3) is 0 Å². The summed E-state index contributed by atoms with van der Waals surface area (Å²) >= 11 is 0. The fraction of sp³-hybridized carbons (Fsp3) is 0. The highest BCUT2D eigenvalue weighted by atomic mass is 14.1. The first kappa shape index (κ1) is 12.4. The van der Waals surface area contributed by atoms with E-state index in [4.69, 9.17) is 0 Å². The van der Waals surface area contributed by atoms with Crippen LogP contribution in [0.1, 0.15) is 11.1 Å². The molecule has 0 aliphatic rings. The van der Waals surface area contributed by atoms with Crippen molar-refractivity contribution in [3.05, 3.63) is 103 Å². The standard InChI is InChI=1S/C20H16/c1-16(17-10-4-2-5-11-17)19-14-8-9-15-20(19)18-12-6-3-7-13-18/h2-15H,1H2. The number of hydrogen-bond donors (Lipinski definition) is 0. The SMILES string of the molecule is C=C(c1ccccc1)c1ccccc1-c1ccccc1. The maximum Gasteiger partial charge on any atom is -0.0105 e. The van der Waals surface area contributed by atoms with Crippen LogP contribution >= 0.6 is 0 Å². The summed E-state index contributed by atoms with van der Waals surface area (Å²) in [6.45, 7) is 4.28. The molecule has 0 saturated heterocycles. The molecule has 96 valence electrons. The van der Waals surface area contributed by atoms with Gasteiger partial charge in [0, 0.05) is 0 Å². The van der Waals surface area contributed by atoms with Gasteiger partial charge in [-0.1, -0.05) is 91.5 Å². The van der Waals surface area contributed by atoms with E-state index in [0.29, 0.717) is 0 Å². The Morgan fingerprint density at radius 2 is 1.15 bits per heavy atom. The average molecular weight is 256 g/mol. The molecule has 0 atom stereocenters. The predicted molar refractivity (Wildman–Crippen MR) is 86.5 cm³/mol. The molecule has 3 aromatic carbocycles. The molecule has 0 bridgehead atoms. The summed E-state index contributed by atoms with van der Waals surface area (Å²) < 4.78 is 0. The second-order valence-corrected chi connectivity index (χ2v) is 4.76. The maximum atomic E-state index is 4.28. The van der Waals surface area contributed by atoms with Gasteiger partial charge in [-0.2, -0.15) is 0 Å². The van der Waals surface area contributed by atoms with Crippen LogP contribution in [0.2, 0.25) is 0 Å². The van der Waals surface area contributed by atoms with Gasteiger partial charge in [0.15, 0.2) is 0 Å². The van der Waals surface area contributed by atoms with Gasteiger partial charge in [-0.05, 0) is 27.8 Å². The lowest BCUT2D eigenvalue weighted by molar-refractivity contribution is 1.53. The normalized spacial score (nSPS) is 10.2. The van der Waals surface area contributed by atoms with Crippen LogP contribution in [-0.2, 0) is 0 Å². The van der Waals surface area contributed by atoms with Crippen LogP contribution in [0.25, 0.3) is 16.7 Å². The van der Waals surface area contributed by atoms with Gasteiger partial charge in [-0.3, -0.25) is 0 Å². The van der Waals surface area contributed by atoms with Crippen molar-refractivity contribution in [1.29, 1.82) is 0 Å². The third kappa shape index (κ3) is 2.41. The van der Waals surface area contributed by atoms with E-state index in [1.165, 1.54) is 16.7 Å². The van der Waals surface area contributed by atoms with Crippen molar-refractivity contribution in [3.63, 3.8) is 0 Å². The van der Waals surface area contributed by atoms with Crippen molar-refractivity contribution in [2.24, 2.45) is 0 Å². The largest absolute Gasteiger partial charge is 0.0905 e.